The Labute approximate surface area is 160 Å². The van der Waals surface area contributed by atoms with Crippen molar-refractivity contribution < 1.29 is 19.1 Å². The van der Waals surface area contributed by atoms with Gasteiger partial charge in [-0.3, -0.25) is 14.7 Å². The fourth-order valence-electron chi connectivity index (χ4n) is 2.89. The van der Waals surface area contributed by atoms with Crippen LogP contribution in [0.5, 0.6) is 11.5 Å². The van der Waals surface area contributed by atoms with Crippen molar-refractivity contribution in [2.24, 2.45) is 0 Å². The second kappa shape index (κ2) is 7.43. The maximum Gasteiger partial charge on any atom is 0.273 e. The van der Waals surface area contributed by atoms with Crippen LogP contribution in [0, 0.1) is 0 Å². The molecule has 142 valence electrons. The van der Waals surface area contributed by atoms with Gasteiger partial charge in [0.05, 0.1) is 18.0 Å². The Bertz CT molecular complexity index is 1040. The number of nitrogens with one attached hydrogen (secondary N) is 3. The van der Waals surface area contributed by atoms with Crippen LogP contribution in [0.4, 0.5) is 11.4 Å². The van der Waals surface area contributed by atoms with Crippen molar-refractivity contribution in [2.75, 3.05) is 23.8 Å². The minimum atomic E-state index is -0.351. The summed E-state index contributed by atoms with van der Waals surface area (Å²) >= 11 is 0. The number of ether oxygens (including phenoxy) is 2. The molecule has 3 aromatic rings. The van der Waals surface area contributed by atoms with E-state index in [0.717, 1.165) is 5.56 Å². The molecule has 28 heavy (non-hydrogen) atoms. The number of rotatable bonds is 5. The van der Waals surface area contributed by atoms with Crippen LogP contribution >= 0.6 is 0 Å². The summed E-state index contributed by atoms with van der Waals surface area (Å²) < 4.78 is 10.9. The van der Waals surface area contributed by atoms with Crippen LogP contribution in [0.25, 0.3) is 11.3 Å². The molecule has 3 N–H and O–H groups in total. The summed E-state index contributed by atoms with van der Waals surface area (Å²) in [6.45, 7) is 2.43. The number of carbonyl (C=O) groups excluding carboxylic acids is 2. The number of hydrogen-bond acceptors (Lipinski definition) is 5. The summed E-state index contributed by atoms with van der Waals surface area (Å²) in [4.78, 5) is 24.0. The zero-order valence-corrected chi connectivity index (χ0v) is 15.1. The van der Waals surface area contributed by atoms with E-state index in [4.69, 9.17) is 9.47 Å². The van der Waals surface area contributed by atoms with Crippen molar-refractivity contribution in [1.82, 2.24) is 10.2 Å². The summed E-state index contributed by atoms with van der Waals surface area (Å²) in [5, 5.41) is 12.5. The average Bonchev–Trinajstić information content (AvgIpc) is 3.18. The number of anilines is 2. The highest BCUT2D eigenvalue weighted by molar-refractivity contribution is 6.04. The summed E-state index contributed by atoms with van der Waals surface area (Å²) in [5.74, 6) is 0.681. The lowest BCUT2D eigenvalue weighted by Crippen LogP contribution is -2.25. The molecule has 8 nitrogen and oxygen atoms in total. The van der Waals surface area contributed by atoms with E-state index in [1.165, 1.54) is 0 Å². The van der Waals surface area contributed by atoms with Gasteiger partial charge in [-0.2, -0.15) is 5.10 Å². The zero-order valence-electron chi connectivity index (χ0n) is 15.1. The Balaban J connectivity index is 1.53. The number of benzene rings is 2. The quantitative estimate of drug-likeness (QED) is 0.633. The fraction of sp³-hybridized carbons (Fsp3) is 0.150. The largest absolute Gasteiger partial charge is 0.493 e. The highest BCUT2D eigenvalue weighted by Gasteiger charge is 2.18. The molecule has 4 rings (SSSR count). The highest BCUT2D eigenvalue weighted by atomic mass is 16.5. The van der Waals surface area contributed by atoms with Gasteiger partial charge in [-0.1, -0.05) is 12.1 Å². The van der Waals surface area contributed by atoms with Crippen LogP contribution in [0.3, 0.4) is 0 Å². The molecular weight excluding hydrogens is 360 g/mol. The lowest BCUT2D eigenvalue weighted by Gasteiger charge is -2.18. The second-order valence-corrected chi connectivity index (χ2v) is 6.10. The molecule has 1 aliphatic rings. The van der Waals surface area contributed by atoms with E-state index in [9.17, 15) is 9.59 Å². The number of aromatic nitrogens is 2. The number of nitrogens with zero attached hydrogens (tertiary/aromatic N) is 1. The van der Waals surface area contributed by atoms with Crippen molar-refractivity contribution in [3.63, 3.8) is 0 Å². The van der Waals surface area contributed by atoms with Crippen LogP contribution in [0.15, 0.2) is 48.5 Å². The molecule has 2 amide bonds. The molecule has 0 bridgehead atoms. The van der Waals surface area contributed by atoms with Gasteiger partial charge in [-0.25, -0.2) is 0 Å². The number of aromatic amines is 1. The molecule has 0 radical (unpaired) electrons. The van der Waals surface area contributed by atoms with E-state index in [2.05, 4.69) is 20.8 Å². The maximum atomic E-state index is 12.6. The number of amides is 2. The van der Waals surface area contributed by atoms with Crippen molar-refractivity contribution in [1.29, 1.82) is 0 Å². The first kappa shape index (κ1) is 17.6. The summed E-state index contributed by atoms with van der Waals surface area (Å²) in [7, 11) is 0. The first-order chi connectivity index (χ1) is 13.6. The van der Waals surface area contributed by atoms with E-state index < -0.39 is 0 Å². The van der Waals surface area contributed by atoms with Gasteiger partial charge in [-0.05, 0) is 43.3 Å². The predicted molar refractivity (Wildman–Crippen MR) is 104 cm³/mol. The monoisotopic (exact) mass is 378 g/mol. The third kappa shape index (κ3) is 3.52. The molecule has 0 atom stereocenters. The van der Waals surface area contributed by atoms with Gasteiger partial charge in [0.15, 0.2) is 6.61 Å². The topological polar surface area (TPSA) is 105 Å². The van der Waals surface area contributed by atoms with Crippen LogP contribution in [-0.2, 0) is 4.79 Å². The normalized spacial score (nSPS) is 12.5. The molecule has 0 saturated carbocycles. The van der Waals surface area contributed by atoms with E-state index in [-0.39, 0.29) is 18.4 Å². The lowest BCUT2D eigenvalue weighted by atomic mass is 10.1. The van der Waals surface area contributed by atoms with E-state index in [1.807, 2.05) is 31.2 Å². The summed E-state index contributed by atoms with van der Waals surface area (Å²) in [6, 6.07) is 14.2. The number of carbonyl (C=O) groups is 2. The van der Waals surface area contributed by atoms with E-state index >= 15 is 0 Å². The van der Waals surface area contributed by atoms with Gasteiger partial charge in [-0.15, -0.1) is 0 Å². The Kier molecular flexibility index (Phi) is 4.67. The maximum absolute atomic E-state index is 12.6. The molecule has 0 aliphatic carbocycles. The molecule has 2 heterocycles. The molecule has 2 aromatic carbocycles. The first-order valence-electron chi connectivity index (χ1n) is 8.79. The number of hydrogen-bond donors (Lipinski definition) is 3. The number of para-hydroxylation sites is 1. The average molecular weight is 378 g/mol. The molecule has 8 heteroatoms. The van der Waals surface area contributed by atoms with Crippen molar-refractivity contribution in [2.45, 2.75) is 6.92 Å². The molecule has 0 unspecified atom stereocenters. The Morgan fingerprint density at radius 3 is 2.96 bits per heavy atom. The molecule has 1 aliphatic heterocycles. The van der Waals surface area contributed by atoms with Gasteiger partial charge in [0, 0.05) is 11.3 Å². The highest BCUT2D eigenvalue weighted by Crippen LogP contribution is 2.31. The fourth-order valence-corrected chi connectivity index (χ4v) is 2.89. The Morgan fingerprint density at radius 2 is 2.11 bits per heavy atom. The molecular formula is C20H18N4O4. The van der Waals surface area contributed by atoms with Crippen LogP contribution in [-0.4, -0.2) is 35.2 Å². The third-order valence-corrected chi connectivity index (χ3v) is 4.16. The van der Waals surface area contributed by atoms with E-state index in [0.29, 0.717) is 40.9 Å². The van der Waals surface area contributed by atoms with Crippen LogP contribution < -0.4 is 20.1 Å². The lowest BCUT2D eigenvalue weighted by molar-refractivity contribution is -0.118. The third-order valence-electron chi connectivity index (χ3n) is 4.16. The van der Waals surface area contributed by atoms with Gasteiger partial charge < -0.3 is 20.1 Å². The minimum absolute atomic E-state index is 0.0150. The van der Waals surface area contributed by atoms with Crippen molar-refractivity contribution >= 4 is 23.2 Å². The van der Waals surface area contributed by atoms with Gasteiger partial charge in [0.2, 0.25) is 0 Å². The SMILES string of the molecule is CCOc1ccccc1-c1cc(C(=O)Nc2ccc3c(c2)NC(=O)CO3)[nH]n1. The molecule has 1 aromatic heterocycles. The Hall–Kier alpha value is -3.81. The molecule has 0 saturated heterocycles. The summed E-state index contributed by atoms with van der Waals surface area (Å²) in [5.41, 5.74) is 2.76. The summed E-state index contributed by atoms with van der Waals surface area (Å²) in [6.07, 6.45) is 0. The van der Waals surface area contributed by atoms with Crippen molar-refractivity contribution in [3.8, 4) is 22.8 Å². The number of fused-ring (bicyclic) bond motifs is 1. The predicted octanol–water partition coefficient (Wildman–Crippen LogP) is 3.06. The van der Waals surface area contributed by atoms with Crippen LogP contribution in [0.1, 0.15) is 17.4 Å². The van der Waals surface area contributed by atoms with Crippen LogP contribution in [0.2, 0.25) is 0 Å². The van der Waals surface area contributed by atoms with Gasteiger partial charge in [0.1, 0.15) is 17.2 Å². The smallest absolute Gasteiger partial charge is 0.273 e. The van der Waals surface area contributed by atoms with Gasteiger partial charge in [0.25, 0.3) is 11.8 Å². The van der Waals surface area contributed by atoms with Crippen molar-refractivity contribution in [3.05, 3.63) is 54.2 Å². The first-order valence-corrected chi connectivity index (χ1v) is 8.79. The zero-order chi connectivity index (χ0) is 19.5. The van der Waals surface area contributed by atoms with E-state index in [1.54, 1.807) is 24.3 Å². The Morgan fingerprint density at radius 1 is 1.25 bits per heavy atom. The standard InChI is InChI=1S/C20H18N4O4/c1-2-27-17-6-4-3-5-13(17)14-10-16(24-23-14)20(26)21-12-7-8-18-15(9-12)22-19(25)11-28-18/h3-10H,2,11H2,1H3,(H,21,26)(H,22,25)(H,23,24). The van der Waals surface area contributed by atoms with Gasteiger partial charge >= 0.3 is 0 Å². The minimum Gasteiger partial charge on any atom is -0.493 e. The second-order valence-electron chi connectivity index (χ2n) is 6.10. The molecule has 0 spiro atoms. The molecule has 0 fully saturated rings. The number of H-pyrrole nitrogens is 1.